The molecule has 1 fully saturated rings. The van der Waals surface area contributed by atoms with E-state index in [-0.39, 0.29) is 28.9 Å². The molecule has 0 radical (unpaired) electrons. The van der Waals surface area contributed by atoms with Gasteiger partial charge in [-0.1, -0.05) is 55.2 Å². The molecule has 4 rings (SSSR count). The summed E-state index contributed by atoms with van der Waals surface area (Å²) in [6.07, 6.45) is -0.104. The first-order chi connectivity index (χ1) is 13.6. The molecule has 2 aromatic carbocycles. The van der Waals surface area contributed by atoms with Crippen molar-refractivity contribution in [1.29, 1.82) is 5.26 Å². The fourth-order valence-electron chi connectivity index (χ4n) is 5.53. The van der Waals surface area contributed by atoms with Gasteiger partial charge in [-0.25, -0.2) is 0 Å². The summed E-state index contributed by atoms with van der Waals surface area (Å²) in [6.45, 7) is 9.19. The summed E-state index contributed by atoms with van der Waals surface area (Å²) in [5, 5.41) is 9.45. The van der Waals surface area contributed by atoms with Crippen molar-refractivity contribution in [2.75, 3.05) is 0 Å². The van der Waals surface area contributed by atoms with Gasteiger partial charge in [-0.05, 0) is 35.9 Å². The zero-order chi connectivity index (χ0) is 21.1. The average Bonchev–Trinajstić information content (AvgIpc) is 2.94. The monoisotopic (exact) mass is 472 g/mol. The second kappa shape index (κ2) is 6.75. The van der Waals surface area contributed by atoms with Gasteiger partial charge in [0.15, 0.2) is 0 Å². The molecule has 4 nitrogen and oxygen atoms in total. The molecule has 2 aliphatic rings. The van der Waals surface area contributed by atoms with Crippen molar-refractivity contribution in [2.45, 2.75) is 46.4 Å². The van der Waals surface area contributed by atoms with Crippen molar-refractivity contribution in [2.24, 2.45) is 10.8 Å². The van der Waals surface area contributed by atoms with E-state index in [4.69, 9.17) is 21.6 Å². The van der Waals surface area contributed by atoms with E-state index in [1.807, 2.05) is 23.1 Å². The molecule has 2 aromatic rings. The molecule has 0 atom stereocenters. The van der Waals surface area contributed by atoms with Crippen LogP contribution in [0.5, 0.6) is 5.75 Å². The van der Waals surface area contributed by atoms with Crippen molar-refractivity contribution in [3.8, 4) is 11.8 Å². The lowest BCUT2D eigenvalue weighted by Crippen LogP contribution is -2.74. The molecule has 0 bridgehead atoms. The number of fused-ring (bicyclic) bond motifs is 1. The Morgan fingerprint density at radius 1 is 1.17 bits per heavy atom. The number of hydrogen-bond donors (Lipinski definition) is 0. The number of nitriles is 1. The van der Waals surface area contributed by atoms with Crippen LogP contribution in [0.25, 0.3) is 0 Å². The van der Waals surface area contributed by atoms with E-state index in [1.165, 1.54) is 0 Å². The first-order valence-electron chi connectivity index (χ1n) is 9.53. The fraction of sp³-hybridized carbons (Fsp3) is 0.391. The summed E-state index contributed by atoms with van der Waals surface area (Å²) in [4.78, 5) is 15.1. The van der Waals surface area contributed by atoms with Gasteiger partial charge in [-0.15, -0.1) is 0 Å². The largest absolute Gasteiger partial charge is 0.489 e. The number of halogens is 2. The number of hydrogen-bond acceptors (Lipinski definition) is 3. The summed E-state index contributed by atoms with van der Waals surface area (Å²) < 4.78 is 7.33. The van der Waals surface area contributed by atoms with Crippen LogP contribution in [0.3, 0.4) is 0 Å². The number of carbonyl (C=O) groups is 1. The van der Waals surface area contributed by atoms with E-state index in [2.05, 4.69) is 49.7 Å². The number of benzene rings is 2. The highest BCUT2D eigenvalue weighted by Gasteiger charge is 2.66. The van der Waals surface area contributed by atoms with E-state index in [0.29, 0.717) is 22.9 Å². The van der Waals surface area contributed by atoms with E-state index in [1.54, 1.807) is 18.2 Å². The van der Waals surface area contributed by atoms with E-state index in [9.17, 15) is 4.79 Å². The van der Waals surface area contributed by atoms with Gasteiger partial charge in [-0.2, -0.15) is 5.26 Å². The third-order valence-corrected chi connectivity index (χ3v) is 7.09. The molecule has 1 aliphatic heterocycles. The number of rotatable bonds is 3. The van der Waals surface area contributed by atoms with Gasteiger partial charge in [0.05, 0.1) is 10.6 Å². The molecular weight excluding hydrogens is 452 g/mol. The SMILES string of the molecule is CC1(C)[C@H](Oc2ccc(C#N)c(Cl)c2)C(C)(C)[C@H]1N1Cc2cc(Br)ccc2C1=O. The zero-order valence-corrected chi connectivity index (χ0v) is 19.1. The Kier molecular flexibility index (Phi) is 4.72. The van der Waals surface area contributed by atoms with Crippen LogP contribution in [0.4, 0.5) is 0 Å². The summed E-state index contributed by atoms with van der Waals surface area (Å²) in [6, 6.07) is 13.1. The van der Waals surface area contributed by atoms with Gasteiger partial charge in [0.1, 0.15) is 17.9 Å². The summed E-state index contributed by atoms with van der Waals surface area (Å²) in [5.41, 5.74) is 1.76. The minimum Gasteiger partial charge on any atom is -0.489 e. The van der Waals surface area contributed by atoms with Crippen LogP contribution in [0.2, 0.25) is 5.02 Å². The molecule has 1 amide bonds. The molecule has 0 unspecified atom stereocenters. The highest BCUT2D eigenvalue weighted by Crippen LogP contribution is 2.59. The van der Waals surface area contributed by atoms with Crippen LogP contribution in [-0.4, -0.2) is 23.0 Å². The molecular formula is C23H22BrClN2O2. The van der Waals surface area contributed by atoms with Crippen molar-refractivity contribution in [3.05, 3.63) is 62.6 Å². The molecule has 6 heteroatoms. The van der Waals surface area contributed by atoms with Gasteiger partial charge in [0.2, 0.25) is 0 Å². The highest BCUT2D eigenvalue weighted by molar-refractivity contribution is 9.10. The standard InChI is InChI=1S/C23H22BrClN2O2/c1-22(2)20(27-12-14-9-15(24)6-8-17(14)19(27)28)23(3,4)21(22)29-16-7-5-13(11-26)18(25)10-16/h5-10,20-21H,12H2,1-4H3/t20-,21-. The van der Waals surface area contributed by atoms with Crippen molar-refractivity contribution in [1.82, 2.24) is 4.90 Å². The zero-order valence-electron chi connectivity index (χ0n) is 16.8. The Bertz CT molecular complexity index is 1040. The van der Waals surface area contributed by atoms with Crippen LogP contribution in [0.15, 0.2) is 40.9 Å². The number of amides is 1. The Morgan fingerprint density at radius 3 is 2.48 bits per heavy atom. The number of ether oxygens (including phenoxy) is 1. The highest BCUT2D eigenvalue weighted by atomic mass is 79.9. The normalized spacial score (nSPS) is 23.9. The fourth-order valence-corrected chi connectivity index (χ4v) is 6.15. The first-order valence-corrected chi connectivity index (χ1v) is 10.7. The molecule has 1 aliphatic carbocycles. The lowest BCUT2D eigenvalue weighted by molar-refractivity contribution is -0.199. The lowest BCUT2D eigenvalue weighted by Gasteiger charge is -2.65. The molecule has 1 heterocycles. The van der Waals surface area contributed by atoms with Crippen LogP contribution in [-0.2, 0) is 6.54 Å². The van der Waals surface area contributed by atoms with Crippen LogP contribution < -0.4 is 4.74 Å². The molecule has 150 valence electrons. The Labute approximate surface area is 184 Å². The van der Waals surface area contributed by atoms with Gasteiger partial charge >= 0.3 is 0 Å². The lowest BCUT2D eigenvalue weighted by atomic mass is 9.49. The Hall–Kier alpha value is -2.03. The van der Waals surface area contributed by atoms with Crippen LogP contribution >= 0.6 is 27.5 Å². The molecule has 0 aromatic heterocycles. The summed E-state index contributed by atoms with van der Waals surface area (Å²) >= 11 is 9.67. The van der Waals surface area contributed by atoms with Crippen LogP contribution in [0.1, 0.15) is 49.2 Å². The average molecular weight is 474 g/mol. The maximum atomic E-state index is 13.1. The summed E-state index contributed by atoms with van der Waals surface area (Å²) in [7, 11) is 0. The van der Waals surface area contributed by atoms with E-state index < -0.39 is 0 Å². The third kappa shape index (κ3) is 3.05. The van der Waals surface area contributed by atoms with E-state index >= 15 is 0 Å². The third-order valence-electron chi connectivity index (χ3n) is 6.29. The van der Waals surface area contributed by atoms with Gasteiger partial charge < -0.3 is 9.64 Å². The maximum absolute atomic E-state index is 13.1. The topological polar surface area (TPSA) is 53.3 Å². The first kappa shape index (κ1) is 20.3. The second-order valence-corrected chi connectivity index (χ2v) is 10.4. The predicted octanol–water partition coefficient (Wildman–Crippen LogP) is 5.81. The maximum Gasteiger partial charge on any atom is 0.254 e. The van der Waals surface area contributed by atoms with Gasteiger partial charge in [0.25, 0.3) is 5.91 Å². The minimum absolute atomic E-state index is 0.0347. The van der Waals surface area contributed by atoms with Crippen molar-refractivity contribution in [3.63, 3.8) is 0 Å². The molecule has 29 heavy (non-hydrogen) atoms. The summed E-state index contributed by atoms with van der Waals surface area (Å²) in [5.74, 6) is 0.720. The van der Waals surface area contributed by atoms with Crippen LogP contribution in [0, 0.1) is 22.2 Å². The Balaban J connectivity index is 1.60. The smallest absolute Gasteiger partial charge is 0.254 e. The number of carbonyl (C=O) groups excluding carboxylic acids is 1. The second-order valence-electron chi connectivity index (χ2n) is 9.03. The molecule has 0 saturated heterocycles. The van der Waals surface area contributed by atoms with E-state index in [0.717, 1.165) is 15.6 Å². The minimum atomic E-state index is -0.251. The van der Waals surface area contributed by atoms with Gasteiger partial charge in [0, 0.05) is 39.5 Å². The van der Waals surface area contributed by atoms with Crippen molar-refractivity contribution < 1.29 is 9.53 Å². The molecule has 0 N–H and O–H groups in total. The Morgan fingerprint density at radius 2 is 1.86 bits per heavy atom. The quantitative estimate of drug-likeness (QED) is 0.565. The van der Waals surface area contributed by atoms with Gasteiger partial charge in [-0.3, -0.25) is 4.79 Å². The number of nitrogens with zero attached hydrogens (tertiary/aromatic N) is 2. The predicted molar refractivity (Wildman–Crippen MR) is 116 cm³/mol. The molecule has 0 spiro atoms. The van der Waals surface area contributed by atoms with Crippen molar-refractivity contribution >= 4 is 33.4 Å². The molecule has 1 saturated carbocycles.